The van der Waals surface area contributed by atoms with Gasteiger partial charge < -0.3 is 4.57 Å². The van der Waals surface area contributed by atoms with E-state index in [1.807, 2.05) is 29.0 Å². The molecule has 0 bridgehead atoms. The van der Waals surface area contributed by atoms with Gasteiger partial charge >= 0.3 is 0 Å². The Morgan fingerprint density at radius 3 is 2.94 bits per heavy atom. The predicted molar refractivity (Wildman–Crippen MR) is 74.9 cm³/mol. The summed E-state index contributed by atoms with van der Waals surface area (Å²) < 4.78 is 2.00. The van der Waals surface area contributed by atoms with Crippen molar-refractivity contribution in [1.29, 1.82) is 5.26 Å². The lowest BCUT2D eigenvalue weighted by Gasteiger charge is -2.10. The fourth-order valence-corrected chi connectivity index (χ4v) is 2.28. The van der Waals surface area contributed by atoms with E-state index in [1.54, 1.807) is 6.20 Å². The van der Waals surface area contributed by atoms with Crippen molar-refractivity contribution in [3.63, 3.8) is 0 Å². The minimum absolute atomic E-state index is 0.683. The summed E-state index contributed by atoms with van der Waals surface area (Å²) in [5.41, 5.74) is 2.69. The zero-order valence-electron chi connectivity index (χ0n) is 10.2. The van der Waals surface area contributed by atoms with Crippen molar-refractivity contribution in [3.05, 3.63) is 47.5 Å². The number of hydrogen-bond donors (Lipinski definition) is 0. The number of nitrogens with zero attached hydrogens (tertiary/aromatic N) is 3. The number of hydrogen-bond acceptors (Lipinski definition) is 2. The van der Waals surface area contributed by atoms with E-state index in [-0.39, 0.29) is 0 Å². The number of aryl methyl sites for hydroxylation is 1. The molecule has 0 saturated heterocycles. The smallest absolute Gasteiger partial charge is 0.113 e. The second kappa shape index (κ2) is 5.83. The minimum atomic E-state index is 0.683. The van der Waals surface area contributed by atoms with Gasteiger partial charge in [0.05, 0.1) is 11.3 Å². The molecule has 0 aliphatic carbocycles. The van der Waals surface area contributed by atoms with Crippen molar-refractivity contribution in [3.8, 4) is 11.8 Å². The molecule has 1 heterocycles. The summed E-state index contributed by atoms with van der Waals surface area (Å²) in [6, 6.07) is 8.19. The Balaban J connectivity index is 2.50. The van der Waals surface area contributed by atoms with Gasteiger partial charge in [0.1, 0.15) is 11.9 Å². The Hall–Kier alpha value is -1.60. The molecule has 3 nitrogen and oxygen atoms in total. The van der Waals surface area contributed by atoms with Crippen LogP contribution in [0.15, 0.2) is 30.6 Å². The number of alkyl halides is 1. The molecule has 0 unspecified atom stereocenters. The van der Waals surface area contributed by atoms with Crippen LogP contribution in [-0.2, 0) is 11.8 Å². The largest absolute Gasteiger partial charge is 0.302 e. The van der Waals surface area contributed by atoms with E-state index in [9.17, 15) is 5.26 Å². The van der Waals surface area contributed by atoms with Gasteiger partial charge in [-0.25, -0.2) is 4.98 Å². The molecule has 0 atom stereocenters. The first-order valence-electron chi connectivity index (χ1n) is 5.91. The molecule has 4 heteroatoms. The van der Waals surface area contributed by atoms with Gasteiger partial charge in [-0.2, -0.15) is 5.26 Å². The number of imidazole rings is 1. The number of rotatable bonds is 4. The standard InChI is InChI=1S/C14H14BrN3/c1-2-3-14-17-6-7-18(14)13-5-4-11(9-15)8-12(13)10-16/h4-8H,2-3,9H2,1H3. The average Bonchev–Trinajstić information content (AvgIpc) is 2.86. The predicted octanol–water partition coefficient (Wildman–Crippen LogP) is 3.59. The zero-order valence-corrected chi connectivity index (χ0v) is 11.8. The van der Waals surface area contributed by atoms with Crippen LogP contribution in [0.5, 0.6) is 0 Å². The molecule has 0 amide bonds. The van der Waals surface area contributed by atoms with Crippen molar-refractivity contribution in [2.45, 2.75) is 25.1 Å². The third kappa shape index (κ3) is 2.46. The lowest BCUT2D eigenvalue weighted by Crippen LogP contribution is -2.02. The first-order valence-corrected chi connectivity index (χ1v) is 7.04. The van der Waals surface area contributed by atoms with Crippen LogP contribution in [0.2, 0.25) is 0 Å². The van der Waals surface area contributed by atoms with E-state index >= 15 is 0 Å². The van der Waals surface area contributed by atoms with E-state index in [0.717, 1.165) is 35.2 Å². The van der Waals surface area contributed by atoms with E-state index in [4.69, 9.17) is 0 Å². The molecule has 0 spiro atoms. The lowest BCUT2D eigenvalue weighted by molar-refractivity contribution is 0.808. The van der Waals surface area contributed by atoms with Crippen LogP contribution in [0.1, 0.15) is 30.3 Å². The second-order valence-electron chi connectivity index (χ2n) is 4.06. The van der Waals surface area contributed by atoms with Crippen molar-refractivity contribution < 1.29 is 0 Å². The van der Waals surface area contributed by atoms with Crippen LogP contribution < -0.4 is 0 Å². The first kappa shape index (κ1) is 12.8. The third-order valence-electron chi connectivity index (χ3n) is 2.79. The molecule has 1 aromatic carbocycles. The molecular formula is C14H14BrN3. The second-order valence-corrected chi connectivity index (χ2v) is 4.62. The van der Waals surface area contributed by atoms with Crippen LogP contribution in [0.25, 0.3) is 5.69 Å². The number of halogens is 1. The molecule has 0 aliphatic heterocycles. The van der Waals surface area contributed by atoms with Gasteiger partial charge in [0.25, 0.3) is 0 Å². The molecule has 0 aliphatic rings. The Morgan fingerprint density at radius 2 is 2.28 bits per heavy atom. The normalized spacial score (nSPS) is 10.3. The maximum atomic E-state index is 9.26. The lowest BCUT2D eigenvalue weighted by atomic mass is 10.1. The van der Waals surface area contributed by atoms with Crippen molar-refractivity contribution in [2.24, 2.45) is 0 Å². The minimum Gasteiger partial charge on any atom is -0.302 e. The Labute approximate surface area is 115 Å². The van der Waals surface area contributed by atoms with E-state index in [2.05, 4.69) is 33.9 Å². The fourth-order valence-electron chi connectivity index (χ4n) is 1.93. The van der Waals surface area contributed by atoms with Gasteiger partial charge in [-0.05, 0) is 24.1 Å². The average molecular weight is 304 g/mol. The summed E-state index contributed by atoms with van der Waals surface area (Å²) in [5.74, 6) is 1.00. The van der Waals surface area contributed by atoms with Gasteiger partial charge in [0, 0.05) is 24.1 Å². The SMILES string of the molecule is CCCc1nccn1-c1ccc(CBr)cc1C#N. The van der Waals surface area contributed by atoms with Crippen molar-refractivity contribution >= 4 is 15.9 Å². The molecule has 0 radical (unpaired) electrons. The number of aromatic nitrogens is 2. The van der Waals surface area contributed by atoms with Crippen LogP contribution in [0, 0.1) is 11.3 Å². The van der Waals surface area contributed by atoms with Gasteiger partial charge in [-0.15, -0.1) is 0 Å². The maximum Gasteiger partial charge on any atom is 0.113 e. The Bertz CT molecular complexity index is 581. The molecule has 2 rings (SSSR count). The topological polar surface area (TPSA) is 41.6 Å². The van der Waals surface area contributed by atoms with E-state index < -0.39 is 0 Å². The quantitative estimate of drug-likeness (QED) is 0.810. The zero-order chi connectivity index (χ0) is 13.0. The molecule has 0 N–H and O–H groups in total. The Morgan fingerprint density at radius 1 is 1.44 bits per heavy atom. The highest BCUT2D eigenvalue weighted by Crippen LogP contribution is 2.19. The highest BCUT2D eigenvalue weighted by Gasteiger charge is 2.09. The first-order chi connectivity index (χ1) is 8.80. The van der Waals surface area contributed by atoms with Crippen molar-refractivity contribution in [1.82, 2.24) is 9.55 Å². The van der Waals surface area contributed by atoms with Gasteiger partial charge in [0.2, 0.25) is 0 Å². The highest BCUT2D eigenvalue weighted by molar-refractivity contribution is 9.08. The molecular weight excluding hydrogens is 290 g/mol. The third-order valence-corrected chi connectivity index (χ3v) is 3.43. The summed E-state index contributed by atoms with van der Waals surface area (Å²) in [5, 5.41) is 10.0. The monoisotopic (exact) mass is 303 g/mol. The molecule has 1 aromatic heterocycles. The summed E-state index contributed by atoms with van der Waals surface area (Å²) >= 11 is 3.40. The van der Waals surface area contributed by atoms with Gasteiger partial charge in [-0.3, -0.25) is 0 Å². The molecule has 92 valence electrons. The van der Waals surface area contributed by atoms with Crippen LogP contribution in [0.4, 0.5) is 0 Å². The van der Waals surface area contributed by atoms with Gasteiger partial charge in [0.15, 0.2) is 0 Å². The number of benzene rings is 1. The van der Waals surface area contributed by atoms with E-state index in [1.165, 1.54) is 0 Å². The van der Waals surface area contributed by atoms with Crippen LogP contribution in [0.3, 0.4) is 0 Å². The van der Waals surface area contributed by atoms with Crippen molar-refractivity contribution in [2.75, 3.05) is 0 Å². The Kier molecular flexibility index (Phi) is 4.16. The maximum absolute atomic E-state index is 9.26. The summed E-state index contributed by atoms with van der Waals surface area (Å²) in [7, 11) is 0. The molecule has 2 aromatic rings. The van der Waals surface area contributed by atoms with Crippen LogP contribution >= 0.6 is 15.9 Å². The molecule has 18 heavy (non-hydrogen) atoms. The van der Waals surface area contributed by atoms with Gasteiger partial charge in [-0.1, -0.05) is 28.9 Å². The fraction of sp³-hybridized carbons (Fsp3) is 0.286. The summed E-state index contributed by atoms with van der Waals surface area (Å²) in [4.78, 5) is 4.34. The summed E-state index contributed by atoms with van der Waals surface area (Å²) in [6.45, 7) is 2.12. The van der Waals surface area contributed by atoms with E-state index in [0.29, 0.717) is 5.56 Å². The summed E-state index contributed by atoms with van der Waals surface area (Å²) in [6.07, 6.45) is 5.65. The number of nitriles is 1. The molecule has 0 fully saturated rings. The highest BCUT2D eigenvalue weighted by atomic mass is 79.9. The molecule has 0 saturated carbocycles. The van der Waals surface area contributed by atoms with Crippen LogP contribution in [-0.4, -0.2) is 9.55 Å².